The highest BCUT2D eigenvalue weighted by Gasteiger charge is 2.28. The van der Waals surface area contributed by atoms with Gasteiger partial charge in [-0.2, -0.15) is 0 Å². The van der Waals surface area contributed by atoms with Crippen LogP contribution in [0.5, 0.6) is 5.75 Å². The lowest BCUT2D eigenvalue weighted by atomic mass is 9.94. The Bertz CT molecular complexity index is 726. The number of hydrogen-bond acceptors (Lipinski definition) is 5. The van der Waals surface area contributed by atoms with Gasteiger partial charge in [-0.05, 0) is 36.6 Å². The highest BCUT2D eigenvalue weighted by atomic mass is 32.2. The third-order valence-electron chi connectivity index (χ3n) is 4.21. The van der Waals surface area contributed by atoms with Crippen molar-refractivity contribution in [3.63, 3.8) is 0 Å². The molecule has 3 rings (SSSR count). The Balaban J connectivity index is 1.75. The van der Waals surface area contributed by atoms with Gasteiger partial charge in [-0.3, -0.25) is 4.72 Å². The van der Waals surface area contributed by atoms with E-state index in [0.717, 1.165) is 17.7 Å². The minimum Gasteiger partial charge on any atom is -0.493 e. The molecule has 0 bridgehead atoms. The molecular weight excluding hydrogens is 332 g/mol. The van der Waals surface area contributed by atoms with E-state index in [1.54, 1.807) is 6.07 Å². The van der Waals surface area contributed by atoms with Crippen molar-refractivity contribution >= 4 is 27.5 Å². The molecule has 1 aromatic heterocycles. The molecule has 1 unspecified atom stereocenters. The lowest BCUT2D eigenvalue weighted by molar-refractivity contribution is 0.0247. The van der Waals surface area contributed by atoms with Crippen LogP contribution in [0.25, 0.3) is 0 Å². The molecule has 23 heavy (non-hydrogen) atoms. The molecule has 0 radical (unpaired) electrons. The minimum absolute atomic E-state index is 0.551. The normalized spacial score (nSPS) is 15.1. The molecule has 0 saturated carbocycles. The predicted octanol–water partition coefficient (Wildman–Crippen LogP) is 3.22. The van der Waals surface area contributed by atoms with Crippen molar-refractivity contribution in [1.29, 1.82) is 0 Å². The van der Waals surface area contributed by atoms with Gasteiger partial charge in [0.05, 0.1) is 17.2 Å². The zero-order chi connectivity index (χ0) is 16.4. The smallest absolute Gasteiger partial charge is 0.195 e. The highest BCUT2D eigenvalue weighted by molar-refractivity contribution is 7.86. The van der Waals surface area contributed by atoms with Crippen molar-refractivity contribution < 1.29 is 14.1 Å². The maximum Gasteiger partial charge on any atom is 0.195 e. The van der Waals surface area contributed by atoms with Crippen molar-refractivity contribution in [2.45, 2.75) is 43.6 Å². The van der Waals surface area contributed by atoms with Crippen LogP contribution in [-0.4, -0.2) is 20.9 Å². The first-order chi connectivity index (χ1) is 11.1. The summed E-state index contributed by atoms with van der Waals surface area (Å²) in [5.74, 6) is 0.873. The van der Waals surface area contributed by atoms with Crippen LogP contribution < -0.4 is 9.46 Å². The van der Waals surface area contributed by atoms with E-state index in [4.69, 9.17) is 4.74 Å². The fourth-order valence-corrected chi connectivity index (χ4v) is 4.39. The molecule has 7 heteroatoms. The number of rotatable bonds is 6. The molecule has 1 atom stereocenters. The minimum atomic E-state index is -1.38. The number of nitrogens with one attached hydrogen (secondary N) is 1. The first-order valence-electron chi connectivity index (χ1n) is 7.68. The van der Waals surface area contributed by atoms with Gasteiger partial charge in [0.25, 0.3) is 0 Å². The maximum absolute atomic E-state index is 12.5. The van der Waals surface area contributed by atoms with Gasteiger partial charge in [0.15, 0.2) is 16.1 Å². The summed E-state index contributed by atoms with van der Waals surface area (Å²) in [6, 6.07) is 5.57. The van der Waals surface area contributed by atoms with Gasteiger partial charge in [-0.1, -0.05) is 13.8 Å². The Hall–Kier alpha value is -1.44. The molecule has 0 saturated heterocycles. The summed E-state index contributed by atoms with van der Waals surface area (Å²) >= 11 is 1.36. The summed E-state index contributed by atoms with van der Waals surface area (Å²) in [5, 5.41) is 12.9. The van der Waals surface area contributed by atoms with Crippen LogP contribution in [0, 0.1) is 0 Å². The van der Waals surface area contributed by atoms with Crippen LogP contribution in [0.15, 0.2) is 28.5 Å². The van der Waals surface area contributed by atoms with Crippen molar-refractivity contribution in [1.82, 2.24) is 4.98 Å². The summed E-state index contributed by atoms with van der Waals surface area (Å²) in [5.41, 5.74) is 0.807. The number of aromatic nitrogens is 1. The molecule has 0 aliphatic carbocycles. The van der Waals surface area contributed by atoms with Gasteiger partial charge in [-0.15, -0.1) is 11.3 Å². The Morgan fingerprint density at radius 1 is 1.43 bits per heavy atom. The van der Waals surface area contributed by atoms with E-state index in [1.165, 1.54) is 11.3 Å². The van der Waals surface area contributed by atoms with Gasteiger partial charge in [0.1, 0.15) is 11.4 Å². The number of ether oxygens (including phenoxy) is 1. The second-order valence-corrected chi connectivity index (χ2v) is 7.59. The number of nitrogens with zero attached hydrogens (tertiary/aromatic N) is 1. The van der Waals surface area contributed by atoms with E-state index >= 15 is 0 Å². The van der Waals surface area contributed by atoms with E-state index < -0.39 is 16.6 Å². The van der Waals surface area contributed by atoms with E-state index in [1.807, 2.05) is 31.4 Å². The molecule has 1 aliphatic heterocycles. The molecule has 0 fully saturated rings. The molecule has 1 aromatic carbocycles. The van der Waals surface area contributed by atoms with Crippen LogP contribution in [0.1, 0.15) is 37.9 Å². The first-order valence-corrected chi connectivity index (χ1v) is 9.71. The van der Waals surface area contributed by atoms with Crippen LogP contribution >= 0.6 is 11.3 Å². The molecule has 2 heterocycles. The second kappa shape index (κ2) is 6.59. The largest absolute Gasteiger partial charge is 0.493 e. The average molecular weight is 352 g/mol. The number of anilines is 1. The number of fused-ring (bicyclic) bond motifs is 1. The Morgan fingerprint density at radius 2 is 2.22 bits per heavy atom. The number of aliphatic hydroxyl groups is 1. The van der Waals surface area contributed by atoms with Crippen molar-refractivity contribution in [2.75, 3.05) is 11.3 Å². The fourth-order valence-electron chi connectivity index (χ4n) is 2.56. The maximum atomic E-state index is 12.5. The molecular formula is C16H20N2O3S2. The predicted molar refractivity (Wildman–Crippen MR) is 92.3 cm³/mol. The summed E-state index contributed by atoms with van der Waals surface area (Å²) in [6.07, 6.45) is 2.04. The van der Waals surface area contributed by atoms with Crippen LogP contribution in [0.2, 0.25) is 0 Å². The summed E-state index contributed by atoms with van der Waals surface area (Å²) < 4.78 is 20.9. The third kappa shape index (κ3) is 3.27. The topological polar surface area (TPSA) is 71.5 Å². The number of thiazole rings is 1. The summed E-state index contributed by atoms with van der Waals surface area (Å²) in [4.78, 5) is 5.10. The van der Waals surface area contributed by atoms with Crippen molar-refractivity contribution in [2.24, 2.45) is 0 Å². The standard InChI is InChI=1S/C16H20N2O3S2/c1-3-16(19,4-2)14-10-22-15(17-14)18-23(20)12-5-6-13-11(9-12)7-8-21-13/h5-6,9-10,19H,3-4,7-8H2,1-2H3,(H,17,18). The van der Waals surface area contributed by atoms with Gasteiger partial charge < -0.3 is 9.84 Å². The lowest BCUT2D eigenvalue weighted by Crippen LogP contribution is -2.23. The van der Waals surface area contributed by atoms with Gasteiger partial charge in [0.2, 0.25) is 0 Å². The van der Waals surface area contributed by atoms with Crippen molar-refractivity contribution in [3.05, 3.63) is 34.8 Å². The Labute approximate surface area is 142 Å². The van der Waals surface area contributed by atoms with Crippen LogP contribution in [0.3, 0.4) is 0 Å². The molecule has 0 spiro atoms. The molecule has 124 valence electrons. The zero-order valence-electron chi connectivity index (χ0n) is 13.2. The van der Waals surface area contributed by atoms with Crippen LogP contribution in [-0.2, 0) is 23.0 Å². The van der Waals surface area contributed by atoms with Gasteiger partial charge in [0, 0.05) is 11.8 Å². The van der Waals surface area contributed by atoms with E-state index in [0.29, 0.717) is 35.2 Å². The quantitative estimate of drug-likeness (QED) is 0.837. The highest BCUT2D eigenvalue weighted by Crippen LogP contribution is 2.32. The zero-order valence-corrected chi connectivity index (χ0v) is 14.8. The first kappa shape index (κ1) is 16.4. The van der Waals surface area contributed by atoms with E-state index in [-0.39, 0.29) is 0 Å². The van der Waals surface area contributed by atoms with Gasteiger partial charge >= 0.3 is 0 Å². The van der Waals surface area contributed by atoms with E-state index in [9.17, 15) is 9.32 Å². The molecule has 2 N–H and O–H groups in total. The lowest BCUT2D eigenvalue weighted by Gasteiger charge is -2.22. The van der Waals surface area contributed by atoms with Crippen LogP contribution in [0.4, 0.5) is 5.13 Å². The SMILES string of the molecule is CCC(O)(CC)c1csc(NS(=O)c2ccc3c(c2)CCO3)n1. The van der Waals surface area contributed by atoms with E-state index in [2.05, 4.69) is 9.71 Å². The molecule has 0 amide bonds. The summed E-state index contributed by atoms with van der Waals surface area (Å²) in [7, 11) is -1.38. The summed E-state index contributed by atoms with van der Waals surface area (Å²) in [6.45, 7) is 4.54. The van der Waals surface area contributed by atoms with Gasteiger partial charge in [-0.25, -0.2) is 9.19 Å². The Morgan fingerprint density at radius 3 is 2.96 bits per heavy atom. The number of benzene rings is 1. The third-order valence-corrected chi connectivity index (χ3v) is 6.15. The Kier molecular flexibility index (Phi) is 4.70. The molecule has 1 aliphatic rings. The second-order valence-electron chi connectivity index (χ2n) is 5.52. The number of hydrogen-bond donors (Lipinski definition) is 2. The molecule has 2 aromatic rings. The van der Waals surface area contributed by atoms with Crippen molar-refractivity contribution in [3.8, 4) is 5.75 Å². The fraction of sp³-hybridized carbons (Fsp3) is 0.438. The average Bonchev–Trinajstić information content (AvgIpc) is 3.22. The molecule has 5 nitrogen and oxygen atoms in total. The monoisotopic (exact) mass is 352 g/mol.